The highest BCUT2D eigenvalue weighted by atomic mass is 16.4. The number of carbonyl (C=O) groups is 1. The van der Waals surface area contributed by atoms with Gasteiger partial charge in [-0.25, -0.2) is 4.98 Å². The highest BCUT2D eigenvalue weighted by molar-refractivity contribution is 5.99. The minimum atomic E-state index is -0.237. The monoisotopic (exact) mass is 246 g/mol. The maximum Gasteiger partial charge on any atom is 0.253 e. The second-order valence-electron chi connectivity index (χ2n) is 3.74. The summed E-state index contributed by atoms with van der Waals surface area (Å²) in [6.07, 6.45) is 1.61. The Morgan fingerprint density at radius 1 is 1.44 bits per heavy atom. The molecule has 6 heteroatoms. The predicted octanol–water partition coefficient (Wildman–Crippen LogP) is 1.20. The minimum absolute atomic E-state index is 0.237. The summed E-state index contributed by atoms with van der Waals surface area (Å²) in [5.74, 6) is 6.28. The Bertz CT molecular complexity index is 551. The van der Waals surface area contributed by atoms with Crippen LogP contribution in [0.2, 0.25) is 0 Å². The van der Waals surface area contributed by atoms with Gasteiger partial charge in [-0.3, -0.25) is 10.6 Å². The summed E-state index contributed by atoms with van der Waals surface area (Å²) in [6.45, 7) is 2.04. The van der Waals surface area contributed by atoms with E-state index in [2.05, 4.69) is 15.7 Å². The van der Waals surface area contributed by atoms with Crippen molar-refractivity contribution in [2.45, 2.75) is 13.5 Å². The molecule has 18 heavy (non-hydrogen) atoms. The first-order chi connectivity index (χ1) is 8.70. The smallest absolute Gasteiger partial charge is 0.253 e. The van der Waals surface area contributed by atoms with Gasteiger partial charge < -0.3 is 15.2 Å². The van der Waals surface area contributed by atoms with Crippen molar-refractivity contribution in [3.63, 3.8) is 0 Å². The van der Waals surface area contributed by atoms with Crippen LogP contribution in [0.3, 0.4) is 0 Å². The van der Waals surface area contributed by atoms with Crippen LogP contribution in [-0.2, 0) is 6.54 Å². The molecule has 0 atom stereocenters. The zero-order chi connectivity index (χ0) is 13.0. The number of hydrazine groups is 1. The molecule has 0 aliphatic carbocycles. The summed E-state index contributed by atoms with van der Waals surface area (Å²) in [5, 5.41) is 2.71. The van der Waals surface area contributed by atoms with Crippen LogP contribution in [0.1, 0.15) is 22.0 Å². The molecular formula is C12H14N4O2. The first kappa shape index (κ1) is 12.1. The van der Waals surface area contributed by atoms with E-state index >= 15 is 0 Å². The van der Waals surface area contributed by atoms with Crippen molar-refractivity contribution in [2.75, 3.05) is 5.43 Å². The highest BCUT2D eigenvalue weighted by Crippen LogP contribution is 2.13. The molecule has 1 heterocycles. The van der Waals surface area contributed by atoms with Crippen LogP contribution in [0, 0.1) is 6.92 Å². The number of anilines is 1. The summed E-state index contributed by atoms with van der Waals surface area (Å²) < 4.78 is 5.26. The van der Waals surface area contributed by atoms with E-state index in [0.717, 1.165) is 0 Å². The number of nitrogens with one attached hydrogen (secondary N) is 2. The maximum absolute atomic E-state index is 11.9. The molecule has 0 radical (unpaired) electrons. The van der Waals surface area contributed by atoms with E-state index in [0.29, 0.717) is 22.9 Å². The Morgan fingerprint density at radius 2 is 2.22 bits per heavy atom. The summed E-state index contributed by atoms with van der Waals surface area (Å²) in [6, 6.07) is 6.98. The van der Waals surface area contributed by atoms with Gasteiger partial charge in [0.2, 0.25) is 5.89 Å². The SMILES string of the molecule is Cc1cnc(CNC(=O)c2ccccc2NN)o1. The lowest BCUT2D eigenvalue weighted by Gasteiger charge is -2.08. The van der Waals surface area contributed by atoms with Gasteiger partial charge in [0.05, 0.1) is 24.0 Å². The van der Waals surface area contributed by atoms with Crippen LogP contribution in [0.25, 0.3) is 0 Å². The number of nitrogens with zero attached hydrogens (tertiary/aromatic N) is 1. The molecule has 2 rings (SSSR count). The standard InChI is InChI=1S/C12H14N4O2/c1-8-6-14-11(18-8)7-15-12(17)9-4-2-3-5-10(9)16-13/h2-6,16H,7,13H2,1H3,(H,15,17). The number of para-hydroxylation sites is 1. The summed E-state index contributed by atoms with van der Waals surface area (Å²) in [4.78, 5) is 15.9. The summed E-state index contributed by atoms with van der Waals surface area (Å²) in [5.41, 5.74) is 3.52. The summed E-state index contributed by atoms with van der Waals surface area (Å²) >= 11 is 0. The van der Waals surface area contributed by atoms with Crippen LogP contribution < -0.4 is 16.6 Å². The second-order valence-corrected chi connectivity index (χ2v) is 3.74. The molecule has 0 saturated heterocycles. The van der Waals surface area contributed by atoms with Gasteiger partial charge in [0, 0.05) is 0 Å². The molecule has 6 nitrogen and oxygen atoms in total. The molecule has 0 aliphatic heterocycles. The van der Waals surface area contributed by atoms with E-state index in [1.54, 1.807) is 37.4 Å². The van der Waals surface area contributed by atoms with Crippen LogP contribution in [0.4, 0.5) is 5.69 Å². The Morgan fingerprint density at radius 3 is 2.89 bits per heavy atom. The number of nitrogens with two attached hydrogens (primary N) is 1. The fourth-order valence-electron chi connectivity index (χ4n) is 1.54. The van der Waals surface area contributed by atoms with Crippen molar-refractivity contribution in [3.05, 3.63) is 47.7 Å². The van der Waals surface area contributed by atoms with E-state index < -0.39 is 0 Å². The van der Waals surface area contributed by atoms with Gasteiger partial charge in [0.25, 0.3) is 5.91 Å². The van der Waals surface area contributed by atoms with Gasteiger partial charge in [-0.1, -0.05) is 12.1 Å². The number of rotatable bonds is 4. The molecular weight excluding hydrogens is 232 g/mol. The van der Waals surface area contributed by atoms with Crippen LogP contribution in [-0.4, -0.2) is 10.9 Å². The molecule has 0 bridgehead atoms. The van der Waals surface area contributed by atoms with E-state index in [9.17, 15) is 4.79 Å². The number of aryl methyl sites for hydroxylation is 1. The number of amides is 1. The van der Waals surface area contributed by atoms with Crippen molar-refractivity contribution in [1.29, 1.82) is 0 Å². The maximum atomic E-state index is 11.9. The Labute approximate surface area is 104 Å². The number of hydrogen-bond acceptors (Lipinski definition) is 5. The molecule has 1 aromatic heterocycles. The Hall–Kier alpha value is -2.34. The Balaban J connectivity index is 2.03. The predicted molar refractivity (Wildman–Crippen MR) is 66.7 cm³/mol. The van der Waals surface area contributed by atoms with Crippen molar-refractivity contribution in [3.8, 4) is 0 Å². The highest BCUT2D eigenvalue weighted by Gasteiger charge is 2.10. The second kappa shape index (κ2) is 5.33. The van der Waals surface area contributed by atoms with Crippen LogP contribution in [0.15, 0.2) is 34.9 Å². The normalized spacial score (nSPS) is 10.1. The minimum Gasteiger partial charge on any atom is -0.444 e. The van der Waals surface area contributed by atoms with Gasteiger partial charge in [-0.05, 0) is 19.1 Å². The lowest BCUT2D eigenvalue weighted by atomic mass is 10.1. The van der Waals surface area contributed by atoms with Crippen LogP contribution >= 0.6 is 0 Å². The van der Waals surface area contributed by atoms with Gasteiger partial charge in [0.1, 0.15) is 5.76 Å². The zero-order valence-corrected chi connectivity index (χ0v) is 9.93. The fourth-order valence-corrected chi connectivity index (χ4v) is 1.54. The van der Waals surface area contributed by atoms with E-state index in [4.69, 9.17) is 10.3 Å². The number of oxazole rings is 1. The van der Waals surface area contributed by atoms with E-state index in [1.165, 1.54) is 0 Å². The van der Waals surface area contributed by atoms with Gasteiger partial charge >= 0.3 is 0 Å². The van der Waals surface area contributed by atoms with Gasteiger partial charge in [-0.2, -0.15) is 0 Å². The average Bonchev–Trinajstić information content (AvgIpc) is 2.81. The third-order valence-corrected chi connectivity index (χ3v) is 2.40. The lowest BCUT2D eigenvalue weighted by Crippen LogP contribution is -2.24. The number of benzene rings is 1. The third kappa shape index (κ3) is 2.67. The van der Waals surface area contributed by atoms with Crippen molar-refractivity contribution >= 4 is 11.6 Å². The molecule has 0 unspecified atom stereocenters. The van der Waals surface area contributed by atoms with Crippen molar-refractivity contribution < 1.29 is 9.21 Å². The molecule has 4 N–H and O–H groups in total. The zero-order valence-electron chi connectivity index (χ0n) is 9.93. The van der Waals surface area contributed by atoms with Gasteiger partial charge in [0.15, 0.2) is 0 Å². The number of aromatic nitrogens is 1. The van der Waals surface area contributed by atoms with Crippen molar-refractivity contribution in [1.82, 2.24) is 10.3 Å². The average molecular weight is 246 g/mol. The topological polar surface area (TPSA) is 93.2 Å². The number of hydrogen-bond donors (Lipinski definition) is 3. The van der Waals surface area contributed by atoms with E-state index in [-0.39, 0.29) is 12.5 Å². The molecule has 0 saturated carbocycles. The molecule has 0 fully saturated rings. The number of nitrogen functional groups attached to an aromatic ring is 1. The van der Waals surface area contributed by atoms with E-state index in [1.807, 2.05) is 0 Å². The first-order valence-corrected chi connectivity index (χ1v) is 5.46. The lowest BCUT2D eigenvalue weighted by molar-refractivity contribution is 0.0948. The quantitative estimate of drug-likeness (QED) is 0.556. The third-order valence-electron chi connectivity index (χ3n) is 2.40. The number of carbonyl (C=O) groups excluding carboxylic acids is 1. The molecule has 2 aromatic rings. The largest absolute Gasteiger partial charge is 0.444 e. The molecule has 94 valence electrons. The molecule has 0 aliphatic rings. The summed E-state index contributed by atoms with van der Waals surface area (Å²) in [7, 11) is 0. The first-order valence-electron chi connectivity index (χ1n) is 5.46. The molecule has 1 aromatic carbocycles. The fraction of sp³-hybridized carbons (Fsp3) is 0.167. The molecule has 1 amide bonds. The Kier molecular flexibility index (Phi) is 3.59. The van der Waals surface area contributed by atoms with Gasteiger partial charge in [-0.15, -0.1) is 0 Å². The van der Waals surface area contributed by atoms with Crippen molar-refractivity contribution in [2.24, 2.45) is 5.84 Å². The van der Waals surface area contributed by atoms with Crippen LogP contribution in [0.5, 0.6) is 0 Å². The molecule has 0 spiro atoms.